The van der Waals surface area contributed by atoms with Gasteiger partial charge in [0.1, 0.15) is 30.8 Å². The molecule has 9 N–H and O–H groups in total. The van der Waals surface area contributed by atoms with Crippen LogP contribution >= 0.6 is 0 Å². The molecule has 0 aromatic heterocycles. The number of nitrogens with two attached hydrogens (primary N) is 1. The lowest BCUT2D eigenvalue weighted by molar-refractivity contribution is -0.144. The highest BCUT2D eigenvalue weighted by molar-refractivity contribution is 7.81. The van der Waals surface area contributed by atoms with Crippen molar-refractivity contribution in [1.29, 1.82) is 0 Å². The number of ether oxygens (including phenoxy) is 4. The molecule has 0 radical (unpaired) electrons. The number of nitrogens with one attached hydrogen (secondary N) is 3. The molecule has 0 aliphatic carbocycles. The minimum Gasteiger partial charge on any atom is -0.481 e. The number of hydrogen-bond acceptors (Lipinski definition) is 19. The van der Waals surface area contributed by atoms with Crippen LogP contribution in [0.15, 0.2) is 54.6 Å². The van der Waals surface area contributed by atoms with Crippen LogP contribution in [0.3, 0.4) is 0 Å². The molecule has 3 amide bonds. The second kappa shape index (κ2) is 47.4. The Hall–Kier alpha value is -6.59. The zero-order valence-corrected chi connectivity index (χ0v) is 52.2. The van der Waals surface area contributed by atoms with Crippen molar-refractivity contribution in [3.8, 4) is 5.75 Å². The van der Waals surface area contributed by atoms with E-state index in [1.165, 1.54) is 68.3 Å². The summed E-state index contributed by atoms with van der Waals surface area (Å²) in [6.07, 6.45) is 15.2. The first-order valence-electron chi connectivity index (χ1n) is 30.7. The van der Waals surface area contributed by atoms with Gasteiger partial charge in [0, 0.05) is 51.7 Å². The van der Waals surface area contributed by atoms with E-state index in [1.807, 2.05) is 0 Å². The smallest absolute Gasteiger partial charge is 0.446 e. The Balaban J connectivity index is 1.61. The predicted molar refractivity (Wildman–Crippen MR) is 326 cm³/mol. The summed E-state index contributed by atoms with van der Waals surface area (Å²) in [6.45, 7) is -0.405. The second-order valence-corrected chi connectivity index (χ2v) is 23.0. The Kier molecular flexibility index (Phi) is 41.8. The van der Waals surface area contributed by atoms with E-state index in [2.05, 4.69) is 20.1 Å². The fourth-order valence-electron chi connectivity index (χ4n) is 9.37. The van der Waals surface area contributed by atoms with Crippen molar-refractivity contribution in [2.24, 2.45) is 11.7 Å². The van der Waals surface area contributed by atoms with Gasteiger partial charge < -0.3 is 60.1 Å². The molecule has 89 heavy (non-hydrogen) atoms. The Bertz CT molecular complexity index is 2560. The van der Waals surface area contributed by atoms with E-state index in [1.54, 1.807) is 30.3 Å². The average Bonchev–Trinajstić information content (AvgIpc) is 3.69. The monoisotopic (exact) mass is 1280 g/mol. The second-order valence-electron chi connectivity index (χ2n) is 22.0. The largest absolute Gasteiger partial charge is 0.481 e. The number of carboxylic acids is 3. The summed E-state index contributed by atoms with van der Waals surface area (Å²) in [7, 11) is -3.48. The van der Waals surface area contributed by atoms with E-state index in [0.717, 1.165) is 57.8 Å². The number of aliphatic carboxylic acids is 3. The number of benzene rings is 2. The zero-order valence-electron chi connectivity index (χ0n) is 51.4. The Labute approximate surface area is 522 Å². The van der Waals surface area contributed by atoms with Crippen LogP contribution in [0.5, 0.6) is 5.75 Å². The number of carboxylic acid groups (broad SMARTS) is 3. The first-order valence-corrected chi connectivity index (χ1v) is 32.0. The van der Waals surface area contributed by atoms with Crippen LogP contribution in [0.4, 0.5) is 0 Å². The third-order valence-electron chi connectivity index (χ3n) is 14.3. The van der Waals surface area contributed by atoms with E-state index in [4.69, 9.17) is 34.3 Å². The SMILES string of the molecule is CN(CC(=O)[C@H](Cc1ccc(OS(=O)(=O)O)cc1)NCC(=O)COCCOCCCC(=O)COCCOCCNC(=O)CC[C@H](CC(=O)CCCCCCCCCCCCCCCCC(=O)O)C(=O)O)[C@H](CC(=O)O)C(=O)N[C@@H](Cc1ccccc1)C(N)=O. The first kappa shape index (κ1) is 78.5. The summed E-state index contributed by atoms with van der Waals surface area (Å²) >= 11 is 0. The van der Waals surface area contributed by atoms with Gasteiger partial charge in [0.2, 0.25) is 17.7 Å². The Morgan fingerprint density at radius 2 is 1.08 bits per heavy atom. The van der Waals surface area contributed by atoms with Gasteiger partial charge in [-0.15, -0.1) is 0 Å². The van der Waals surface area contributed by atoms with Crippen molar-refractivity contribution in [1.82, 2.24) is 20.9 Å². The summed E-state index contributed by atoms with van der Waals surface area (Å²) in [6, 6.07) is 10.2. The number of carbonyl (C=O) groups excluding carboxylic acids is 7. The molecular weight excluding hydrogens is 1180 g/mol. The van der Waals surface area contributed by atoms with Crippen molar-refractivity contribution < 1.29 is 99.4 Å². The number of primary amides is 1. The molecule has 500 valence electrons. The number of hydrogen-bond donors (Lipinski definition) is 8. The van der Waals surface area contributed by atoms with Crippen LogP contribution in [-0.2, 0) is 90.1 Å². The third-order valence-corrected chi connectivity index (χ3v) is 14.7. The molecule has 0 aliphatic rings. The summed E-state index contributed by atoms with van der Waals surface area (Å²) in [5, 5.41) is 36.1. The van der Waals surface area contributed by atoms with Gasteiger partial charge in [0.05, 0.1) is 70.5 Å². The van der Waals surface area contributed by atoms with Crippen LogP contribution in [0.25, 0.3) is 0 Å². The van der Waals surface area contributed by atoms with Crippen LogP contribution in [0, 0.1) is 5.92 Å². The summed E-state index contributed by atoms with van der Waals surface area (Å²) < 4.78 is 57.7. The van der Waals surface area contributed by atoms with Crippen molar-refractivity contribution in [3.05, 3.63) is 65.7 Å². The van der Waals surface area contributed by atoms with Gasteiger partial charge in [-0.1, -0.05) is 120 Å². The van der Waals surface area contributed by atoms with E-state index in [-0.39, 0.29) is 134 Å². The lowest BCUT2D eigenvalue weighted by Gasteiger charge is -2.28. The van der Waals surface area contributed by atoms with E-state index >= 15 is 0 Å². The van der Waals surface area contributed by atoms with E-state index in [9.17, 15) is 66.6 Å². The number of amides is 3. The maximum Gasteiger partial charge on any atom is 0.446 e. The van der Waals surface area contributed by atoms with Crippen molar-refractivity contribution in [2.45, 2.75) is 172 Å². The van der Waals surface area contributed by atoms with Gasteiger partial charge in [0.15, 0.2) is 17.3 Å². The number of ketones is 4. The molecule has 0 saturated carbocycles. The van der Waals surface area contributed by atoms with Gasteiger partial charge in [-0.3, -0.25) is 57.4 Å². The molecule has 0 heterocycles. The van der Waals surface area contributed by atoms with E-state index < -0.39 is 88.7 Å². The van der Waals surface area contributed by atoms with Gasteiger partial charge in [0.25, 0.3) is 0 Å². The third kappa shape index (κ3) is 41.4. The molecule has 2 rings (SSSR count). The summed E-state index contributed by atoms with van der Waals surface area (Å²) in [5.74, 6) is -7.75. The molecule has 0 fully saturated rings. The van der Waals surface area contributed by atoms with Gasteiger partial charge in [-0.2, -0.15) is 8.42 Å². The Morgan fingerprint density at radius 3 is 1.63 bits per heavy atom. The number of carbonyl (C=O) groups is 10. The lowest BCUT2D eigenvalue weighted by Crippen LogP contribution is -2.55. The fraction of sp³-hybridized carbons (Fsp3) is 0.645. The maximum absolute atomic E-state index is 13.9. The quantitative estimate of drug-likeness (QED) is 0.0326. The summed E-state index contributed by atoms with van der Waals surface area (Å²) in [4.78, 5) is 125. The number of Topliss-reactive ketones (excluding diaryl/α,β-unsaturated/α-hetero) is 4. The molecule has 4 atom stereocenters. The van der Waals surface area contributed by atoms with Crippen molar-refractivity contribution in [3.63, 3.8) is 0 Å². The number of unbranched alkanes of at least 4 members (excludes halogenated alkanes) is 13. The van der Waals surface area contributed by atoms with Crippen molar-refractivity contribution >= 4 is 69.2 Å². The number of likely N-dealkylation sites (N-methyl/N-ethyl adjacent to an activating group) is 1. The molecule has 0 aliphatic heterocycles. The van der Waals surface area contributed by atoms with Crippen LogP contribution in [-0.4, -0.2) is 190 Å². The lowest BCUT2D eigenvalue weighted by atomic mass is 9.94. The molecule has 0 bridgehead atoms. The highest BCUT2D eigenvalue weighted by atomic mass is 32.3. The fourth-order valence-corrected chi connectivity index (χ4v) is 9.72. The molecule has 2 aromatic carbocycles. The minimum atomic E-state index is -4.82. The molecule has 27 heteroatoms. The highest BCUT2D eigenvalue weighted by Gasteiger charge is 2.32. The normalized spacial score (nSPS) is 12.8. The molecule has 2 aromatic rings. The average molecular weight is 1280 g/mol. The van der Waals surface area contributed by atoms with Crippen LogP contribution < -0.4 is 25.9 Å². The minimum absolute atomic E-state index is 0.0210. The van der Waals surface area contributed by atoms with Crippen molar-refractivity contribution in [2.75, 3.05) is 79.5 Å². The predicted octanol–water partition coefficient (Wildman–Crippen LogP) is 4.79. The first-order chi connectivity index (χ1) is 42.5. The van der Waals surface area contributed by atoms with Gasteiger partial charge in [-0.25, -0.2) is 0 Å². The highest BCUT2D eigenvalue weighted by Crippen LogP contribution is 2.19. The molecule has 0 unspecified atom stereocenters. The molecule has 0 spiro atoms. The van der Waals surface area contributed by atoms with Crippen LogP contribution in [0.1, 0.15) is 152 Å². The maximum atomic E-state index is 13.9. The molecule has 0 saturated heterocycles. The number of rotatable bonds is 58. The topological polar surface area (TPSA) is 397 Å². The summed E-state index contributed by atoms with van der Waals surface area (Å²) in [5.41, 5.74) is 6.70. The van der Waals surface area contributed by atoms with Gasteiger partial charge >= 0.3 is 28.3 Å². The molecule has 26 nitrogen and oxygen atoms in total. The zero-order chi connectivity index (χ0) is 65.7. The van der Waals surface area contributed by atoms with Gasteiger partial charge in [-0.05, 0) is 62.4 Å². The standard InChI is InChI=1S/C62H95N5O21S/c1-67(55(41-59(75)76)61(78)66-54(60(63)77)39-46-20-15-14-16-21-46)43-56(71)53(38-47-25-28-52(29-26-47)88-89(81,82)83)65-42-51(70)45-87-36-34-84-32-19-23-50(69)44-86-37-35-85-33-31-64-57(72)30-27-48(62(79)80)40-49(68)22-17-12-10-8-6-4-2-3-5-7-9-11-13-18-24-58(73)74/h14-16,20-21,25-26,28-29,48,53-55,65H,2-13,17-19,22-24,27,30-45H2,1H3,(H2,63,77)(H,64,72)(H,66,78)(H,73,74)(H,75,76)(H,79,80)(H,81,82,83)/t48-,53+,54+,55-/m1/s1. The van der Waals surface area contributed by atoms with Crippen LogP contribution in [0.2, 0.25) is 0 Å². The Morgan fingerprint density at radius 1 is 0.562 bits per heavy atom. The number of nitrogens with zero attached hydrogens (tertiary/aromatic N) is 1. The molecular formula is C62H95N5O21S. The van der Waals surface area contributed by atoms with E-state index in [0.29, 0.717) is 24.0 Å².